The summed E-state index contributed by atoms with van der Waals surface area (Å²) in [5, 5.41) is 9.96. The number of hydrogen-bond donors (Lipinski definition) is 2. The summed E-state index contributed by atoms with van der Waals surface area (Å²) < 4.78 is 0. The molecule has 0 aliphatic heterocycles. The molecular formula is C18H23NO. The van der Waals surface area contributed by atoms with Crippen LogP contribution in [0.2, 0.25) is 0 Å². The van der Waals surface area contributed by atoms with Gasteiger partial charge in [0.15, 0.2) is 0 Å². The van der Waals surface area contributed by atoms with Crippen LogP contribution in [0.15, 0.2) is 48.5 Å². The van der Waals surface area contributed by atoms with Crippen LogP contribution in [-0.2, 0) is 11.8 Å². The van der Waals surface area contributed by atoms with Gasteiger partial charge >= 0.3 is 0 Å². The van der Waals surface area contributed by atoms with Crippen LogP contribution in [0.1, 0.15) is 22.3 Å². The normalized spacial score (nSPS) is 14.0. The van der Waals surface area contributed by atoms with Crippen molar-refractivity contribution in [3.05, 3.63) is 70.8 Å². The summed E-state index contributed by atoms with van der Waals surface area (Å²) in [6.45, 7) is 4.63. The van der Waals surface area contributed by atoms with Crippen LogP contribution < -0.4 is 5.73 Å². The van der Waals surface area contributed by atoms with Gasteiger partial charge in [-0.05, 0) is 31.4 Å². The number of rotatable bonds is 5. The van der Waals surface area contributed by atoms with Gasteiger partial charge in [-0.3, -0.25) is 0 Å². The Balaban J connectivity index is 2.36. The average Bonchev–Trinajstić information content (AvgIpc) is 2.47. The van der Waals surface area contributed by atoms with Crippen molar-refractivity contribution in [2.45, 2.75) is 25.7 Å². The lowest BCUT2D eigenvalue weighted by molar-refractivity contribution is 0.196. The monoisotopic (exact) mass is 269 g/mol. The van der Waals surface area contributed by atoms with E-state index >= 15 is 0 Å². The molecule has 0 bridgehead atoms. The first-order valence-corrected chi connectivity index (χ1v) is 7.03. The van der Waals surface area contributed by atoms with Crippen LogP contribution in [0.3, 0.4) is 0 Å². The number of aliphatic hydroxyl groups excluding tert-OH is 1. The van der Waals surface area contributed by atoms with Gasteiger partial charge < -0.3 is 10.8 Å². The zero-order valence-corrected chi connectivity index (χ0v) is 12.3. The number of benzene rings is 2. The second-order valence-electron chi connectivity index (χ2n) is 5.67. The number of hydrogen-bond acceptors (Lipinski definition) is 2. The van der Waals surface area contributed by atoms with Crippen molar-refractivity contribution in [3.8, 4) is 0 Å². The van der Waals surface area contributed by atoms with E-state index in [0.29, 0.717) is 6.54 Å². The molecule has 20 heavy (non-hydrogen) atoms. The topological polar surface area (TPSA) is 46.2 Å². The quantitative estimate of drug-likeness (QED) is 0.876. The highest BCUT2D eigenvalue weighted by Gasteiger charge is 2.30. The minimum absolute atomic E-state index is 0.0564. The lowest BCUT2D eigenvalue weighted by Crippen LogP contribution is -2.41. The van der Waals surface area contributed by atoms with Gasteiger partial charge in [0.2, 0.25) is 0 Å². The Kier molecular flexibility index (Phi) is 4.58. The van der Waals surface area contributed by atoms with Gasteiger partial charge in [0.25, 0.3) is 0 Å². The predicted octanol–water partition coefficient (Wildman–Crippen LogP) is 2.73. The highest BCUT2D eigenvalue weighted by atomic mass is 16.3. The summed E-state index contributed by atoms with van der Waals surface area (Å²) in [6, 6.07) is 16.7. The molecule has 0 radical (unpaired) electrons. The van der Waals surface area contributed by atoms with Crippen molar-refractivity contribution < 1.29 is 5.11 Å². The van der Waals surface area contributed by atoms with E-state index in [2.05, 4.69) is 56.3 Å². The van der Waals surface area contributed by atoms with E-state index in [4.69, 9.17) is 5.73 Å². The molecule has 0 fully saturated rings. The largest absolute Gasteiger partial charge is 0.395 e. The van der Waals surface area contributed by atoms with E-state index in [0.717, 1.165) is 12.0 Å². The first kappa shape index (κ1) is 14.8. The van der Waals surface area contributed by atoms with Crippen molar-refractivity contribution in [1.82, 2.24) is 0 Å². The standard InChI is InChI=1S/C18H23NO/c1-14-6-8-16(9-7-14)11-18(12-19,13-20)17-5-3-4-15(2)10-17/h3-10,20H,11-13,19H2,1-2H3. The lowest BCUT2D eigenvalue weighted by Gasteiger charge is -2.31. The molecular weight excluding hydrogens is 246 g/mol. The smallest absolute Gasteiger partial charge is 0.0543 e. The van der Waals surface area contributed by atoms with Crippen LogP contribution in [0.5, 0.6) is 0 Å². The zero-order valence-electron chi connectivity index (χ0n) is 12.3. The molecule has 0 saturated heterocycles. The molecule has 1 unspecified atom stereocenters. The highest BCUT2D eigenvalue weighted by molar-refractivity contribution is 5.34. The third kappa shape index (κ3) is 3.09. The van der Waals surface area contributed by atoms with Gasteiger partial charge in [0, 0.05) is 12.0 Å². The van der Waals surface area contributed by atoms with E-state index in [-0.39, 0.29) is 6.61 Å². The fraction of sp³-hybridized carbons (Fsp3) is 0.333. The van der Waals surface area contributed by atoms with E-state index in [9.17, 15) is 5.11 Å². The average molecular weight is 269 g/mol. The maximum absolute atomic E-state index is 9.96. The first-order chi connectivity index (χ1) is 9.59. The SMILES string of the molecule is Cc1ccc(CC(CN)(CO)c2cccc(C)c2)cc1. The molecule has 0 saturated carbocycles. The second kappa shape index (κ2) is 6.21. The van der Waals surface area contributed by atoms with E-state index in [1.165, 1.54) is 16.7 Å². The molecule has 0 aliphatic carbocycles. The summed E-state index contributed by atoms with van der Waals surface area (Å²) in [7, 11) is 0. The molecule has 1 atom stereocenters. The summed E-state index contributed by atoms with van der Waals surface area (Å²) in [5.41, 5.74) is 10.4. The van der Waals surface area contributed by atoms with Crippen molar-refractivity contribution in [2.24, 2.45) is 5.73 Å². The van der Waals surface area contributed by atoms with Crippen LogP contribution in [0.25, 0.3) is 0 Å². The minimum atomic E-state index is -0.402. The molecule has 2 aromatic carbocycles. The Bertz CT molecular complexity index is 556. The van der Waals surface area contributed by atoms with Crippen LogP contribution in [0, 0.1) is 13.8 Å². The lowest BCUT2D eigenvalue weighted by atomic mass is 9.76. The maximum Gasteiger partial charge on any atom is 0.0543 e. The maximum atomic E-state index is 9.96. The van der Waals surface area contributed by atoms with Crippen LogP contribution in [-0.4, -0.2) is 18.3 Å². The molecule has 0 aliphatic rings. The molecule has 0 amide bonds. The Hall–Kier alpha value is -1.64. The molecule has 0 heterocycles. The van der Waals surface area contributed by atoms with E-state index < -0.39 is 5.41 Å². The van der Waals surface area contributed by atoms with Crippen molar-refractivity contribution >= 4 is 0 Å². The summed E-state index contributed by atoms with van der Waals surface area (Å²) in [5.74, 6) is 0. The molecule has 2 aromatic rings. The van der Waals surface area contributed by atoms with Gasteiger partial charge in [-0.2, -0.15) is 0 Å². The number of nitrogens with two attached hydrogens (primary N) is 1. The van der Waals surface area contributed by atoms with Gasteiger partial charge in [-0.15, -0.1) is 0 Å². The van der Waals surface area contributed by atoms with Gasteiger partial charge in [-0.1, -0.05) is 59.7 Å². The van der Waals surface area contributed by atoms with E-state index in [1.54, 1.807) is 0 Å². The third-order valence-corrected chi connectivity index (χ3v) is 3.99. The molecule has 106 valence electrons. The fourth-order valence-corrected chi connectivity index (χ4v) is 2.58. The molecule has 3 N–H and O–H groups in total. The van der Waals surface area contributed by atoms with Crippen molar-refractivity contribution in [3.63, 3.8) is 0 Å². The zero-order chi connectivity index (χ0) is 14.6. The van der Waals surface area contributed by atoms with Gasteiger partial charge in [0.05, 0.1) is 6.61 Å². The third-order valence-electron chi connectivity index (χ3n) is 3.99. The molecule has 2 rings (SSSR count). The molecule has 2 heteroatoms. The Morgan fingerprint density at radius 3 is 2.25 bits per heavy atom. The fourth-order valence-electron chi connectivity index (χ4n) is 2.58. The summed E-state index contributed by atoms with van der Waals surface area (Å²) >= 11 is 0. The summed E-state index contributed by atoms with van der Waals surface area (Å²) in [6.07, 6.45) is 0.754. The Morgan fingerprint density at radius 1 is 1.00 bits per heavy atom. The molecule has 0 spiro atoms. The second-order valence-corrected chi connectivity index (χ2v) is 5.67. The Morgan fingerprint density at radius 2 is 1.70 bits per heavy atom. The van der Waals surface area contributed by atoms with Crippen LogP contribution >= 0.6 is 0 Å². The van der Waals surface area contributed by atoms with Gasteiger partial charge in [-0.25, -0.2) is 0 Å². The highest BCUT2D eigenvalue weighted by Crippen LogP contribution is 2.28. The number of aliphatic hydroxyl groups is 1. The number of aryl methyl sites for hydroxylation is 2. The van der Waals surface area contributed by atoms with Crippen molar-refractivity contribution in [1.29, 1.82) is 0 Å². The first-order valence-electron chi connectivity index (χ1n) is 7.03. The summed E-state index contributed by atoms with van der Waals surface area (Å²) in [4.78, 5) is 0. The van der Waals surface area contributed by atoms with Gasteiger partial charge in [0.1, 0.15) is 0 Å². The molecule has 0 aromatic heterocycles. The minimum Gasteiger partial charge on any atom is -0.395 e. The molecule has 2 nitrogen and oxygen atoms in total. The predicted molar refractivity (Wildman–Crippen MR) is 83.9 cm³/mol. The van der Waals surface area contributed by atoms with Crippen LogP contribution in [0.4, 0.5) is 0 Å². The van der Waals surface area contributed by atoms with E-state index in [1.807, 2.05) is 6.07 Å². The van der Waals surface area contributed by atoms with Crippen molar-refractivity contribution in [2.75, 3.05) is 13.2 Å². The Labute approximate surface area is 121 Å².